The highest BCUT2D eigenvalue weighted by Crippen LogP contribution is 2.25. The largest absolute Gasteiger partial charge is 0.323 e. The van der Waals surface area contributed by atoms with E-state index in [1.807, 2.05) is 10.6 Å². The molecule has 0 radical (unpaired) electrons. The third-order valence-electron chi connectivity index (χ3n) is 3.19. The molecule has 16 heavy (non-hydrogen) atoms. The van der Waals surface area contributed by atoms with Crippen LogP contribution in [0, 0.1) is 0 Å². The standard InChI is InChI=1S/C11H15N5/c1-2-7-6-10-13-14-11-8(12)4-3-5-9(11)16(10)15-7/h6,8H,2-5,12H2,1H3. The zero-order chi connectivity index (χ0) is 11.1. The van der Waals surface area contributed by atoms with Gasteiger partial charge in [-0.15, -0.1) is 10.2 Å². The minimum atomic E-state index is 0.0231. The topological polar surface area (TPSA) is 69.1 Å². The van der Waals surface area contributed by atoms with Gasteiger partial charge >= 0.3 is 0 Å². The number of rotatable bonds is 1. The SMILES string of the molecule is CCc1cc2nnc3c(n2n1)CCCC3N. The summed E-state index contributed by atoms with van der Waals surface area (Å²) in [7, 11) is 0. The Bertz CT molecular complexity index is 530. The quantitative estimate of drug-likeness (QED) is 0.774. The van der Waals surface area contributed by atoms with Gasteiger partial charge in [-0.3, -0.25) is 0 Å². The lowest BCUT2D eigenvalue weighted by Gasteiger charge is -2.20. The lowest BCUT2D eigenvalue weighted by molar-refractivity contribution is 0.522. The van der Waals surface area contributed by atoms with Crippen LogP contribution in [0.5, 0.6) is 0 Å². The Morgan fingerprint density at radius 2 is 2.38 bits per heavy atom. The van der Waals surface area contributed by atoms with E-state index < -0.39 is 0 Å². The molecule has 1 aliphatic carbocycles. The van der Waals surface area contributed by atoms with Gasteiger partial charge in [-0.2, -0.15) is 5.10 Å². The average molecular weight is 217 g/mol. The maximum atomic E-state index is 6.03. The van der Waals surface area contributed by atoms with Gasteiger partial charge < -0.3 is 5.73 Å². The van der Waals surface area contributed by atoms with E-state index in [0.717, 1.165) is 48.4 Å². The second-order valence-electron chi connectivity index (χ2n) is 4.29. The fourth-order valence-electron chi connectivity index (χ4n) is 2.28. The monoisotopic (exact) mass is 217 g/mol. The molecule has 0 aromatic carbocycles. The molecule has 5 heteroatoms. The maximum Gasteiger partial charge on any atom is 0.177 e. The Morgan fingerprint density at radius 3 is 3.19 bits per heavy atom. The minimum Gasteiger partial charge on any atom is -0.323 e. The molecular weight excluding hydrogens is 202 g/mol. The summed E-state index contributed by atoms with van der Waals surface area (Å²) < 4.78 is 1.92. The van der Waals surface area contributed by atoms with Crippen LogP contribution in [-0.2, 0) is 12.8 Å². The van der Waals surface area contributed by atoms with Crippen molar-refractivity contribution in [2.24, 2.45) is 5.73 Å². The van der Waals surface area contributed by atoms with Crippen LogP contribution in [0.3, 0.4) is 0 Å². The van der Waals surface area contributed by atoms with Crippen LogP contribution in [0.2, 0.25) is 0 Å². The summed E-state index contributed by atoms with van der Waals surface area (Å²) in [6.45, 7) is 2.09. The molecule has 0 bridgehead atoms. The second kappa shape index (κ2) is 3.52. The number of nitrogens with zero attached hydrogens (tertiary/aromatic N) is 4. The Hall–Kier alpha value is -1.49. The number of aryl methyl sites for hydroxylation is 2. The Morgan fingerprint density at radius 1 is 1.50 bits per heavy atom. The summed E-state index contributed by atoms with van der Waals surface area (Å²) in [5, 5.41) is 13.0. The van der Waals surface area contributed by atoms with Crippen molar-refractivity contribution in [2.75, 3.05) is 0 Å². The molecule has 2 N–H and O–H groups in total. The van der Waals surface area contributed by atoms with Crippen molar-refractivity contribution < 1.29 is 0 Å². The van der Waals surface area contributed by atoms with E-state index in [1.165, 1.54) is 0 Å². The van der Waals surface area contributed by atoms with Crippen molar-refractivity contribution in [3.05, 3.63) is 23.1 Å². The van der Waals surface area contributed by atoms with E-state index in [-0.39, 0.29) is 6.04 Å². The Labute approximate surface area is 93.7 Å². The van der Waals surface area contributed by atoms with E-state index in [4.69, 9.17) is 5.73 Å². The summed E-state index contributed by atoms with van der Waals surface area (Å²) in [6, 6.07) is 2.02. The zero-order valence-electron chi connectivity index (χ0n) is 9.35. The molecule has 2 aromatic heterocycles. The lowest BCUT2D eigenvalue weighted by atomic mass is 9.96. The second-order valence-corrected chi connectivity index (χ2v) is 4.29. The highest BCUT2D eigenvalue weighted by atomic mass is 15.3. The normalized spacial score (nSPS) is 20.0. The molecule has 5 nitrogen and oxygen atoms in total. The Balaban J connectivity index is 2.25. The molecule has 0 saturated carbocycles. The molecule has 84 valence electrons. The predicted octanol–water partition coefficient (Wildman–Crippen LogP) is 1.02. The molecule has 1 unspecified atom stereocenters. The van der Waals surface area contributed by atoms with Crippen LogP contribution >= 0.6 is 0 Å². The summed E-state index contributed by atoms with van der Waals surface area (Å²) in [4.78, 5) is 0. The van der Waals surface area contributed by atoms with Gasteiger partial charge in [-0.05, 0) is 25.7 Å². The first kappa shape index (κ1) is 9.72. The molecule has 1 aliphatic rings. The average Bonchev–Trinajstić information content (AvgIpc) is 2.72. The van der Waals surface area contributed by atoms with Gasteiger partial charge in [0, 0.05) is 6.07 Å². The minimum absolute atomic E-state index is 0.0231. The van der Waals surface area contributed by atoms with Crippen LogP contribution in [0.4, 0.5) is 0 Å². The highest BCUT2D eigenvalue weighted by Gasteiger charge is 2.22. The molecule has 0 amide bonds. The summed E-state index contributed by atoms with van der Waals surface area (Å²) in [5.74, 6) is 0. The summed E-state index contributed by atoms with van der Waals surface area (Å²) in [6.07, 6.45) is 4.02. The van der Waals surface area contributed by atoms with Crippen molar-refractivity contribution in [2.45, 2.75) is 38.6 Å². The molecule has 2 aromatic rings. The van der Waals surface area contributed by atoms with Crippen molar-refractivity contribution in [3.63, 3.8) is 0 Å². The van der Waals surface area contributed by atoms with Crippen molar-refractivity contribution >= 4 is 5.65 Å². The molecule has 0 fully saturated rings. The van der Waals surface area contributed by atoms with Gasteiger partial charge in [-0.1, -0.05) is 6.92 Å². The van der Waals surface area contributed by atoms with Crippen LogP contribution in [-0.4, -0.2) is 19.8 Å². The van der Waals surface area contributed by atoms with Crippen LogP contribution in [0.15, 0.2) is 6.07 Å². The first-order chi connectivity index (χ1) is 7.79. The molecule has 1 atom stereocenters. The van der Waals surface area contributed by atoms with Crippen LogP contribution in [0.25, 0.3) is 5.65 Å². The fourth-order valence-corrected chi connectivity index (χ4v) is 2.28. The van der Waals surface area contributed by atoms with Gasteiger partial charge in [0.05, 0.1) is 17.4 Å². The number of nitrogens with two attached hydrogens (primary N) is 1. The maximum absolute atomic E-state index is 6.03. The van der Waals surface area contributed by atoms with Crippen LogP contribution < -0.4 is 5.73 Å². The van der Waals surface area contributed by atoms with E-state index >= 15 is 0 Å². The van der Waals surface area contributed by atoms with E-state index in [9.17, 15) is 0 Å². The van der Waals surface area contributed by atoms with Crippen molar-refractivity contribution in [3.8, 4) is 0 Å². The van der Waals surface area contributed by atoms with Gasteiger partial charge in [0.15, 0.2) is 5.65 Å². The number of aromatic nitrogens is 4. The number of fused-ring (bicyclic) bond motifs is 3. The zero-order valence-corrected chi connectivity index (χ0v) is 9.35. The summed E-state index contributed by atoms with van der Waals surface area (Å²) in [5.41, 5.74) is 9.99. The van der Waals surface area contributed by atoms with E-state index in [1.54, 1.807) is 0 Å². The van der Waals surface area contributed by atoms with Crippen molar-refractivity contribution in [1.82, 2.24) is 19.8 Å². The van der Waals surface area contributed by atoms with Gasteiger partial charge in [0.2, 0.25) is 0 Å². The number of hydrogen-bond donors (Lipinski definition) is 1. The smallest absolute Gasteiger partial charge is 0.177 e. The fraction of sp³-hybridized carbons (Fsp3) is 0.545. The number of hydrogen-bond acceptors (Lipinski definition) is 4. The third-order valence-corrected chi connectivity index (χ3v) is 3.19. The predicted molar refractivity (Wildman–Crippen MR) is 60.0 cm³/mol. The lowest BCUT2D eigenvalue weighted by Crippen LogP contribution is -2.22. The van der Waals surface area contributed by atoms with E-state index in [2.05, 4.69) is 22.2 Å². The van der Waals surface area contributed by atoms with Gasteiger partial charge in [0.1, 0.15) is 5.69 Å². The summed E-state index contributed by atoms with van der Waals surface area (Å²) >= 11 is 0. The molecular formula is C11H15N5. The Kier molecular flexibility index (Phi) is 2.14. The molecule has 0 aliphatic heterocycles. The van der Waals surface area contributed by atoms with Gasteiger partial charge in [-0.25, -0.2) is 4.52 Å². The third kappa shape index (κ3) is 1.31. The first-order valence-corrected chi connectivity index (χ1v) is 5.79. The highest BCUT2D eigenvalue weighted by molar-refractivity contribution is 5.40. The molecule has 2 heterocycles. The van der Waals surface area contributed by atoms with Crippen molar-refractivity contribution in [1.29, 1.82) is 0 Å². The first-order valence-electron chi connectivity index (χ1n) is 5.79. The molecule has 0 spiro atoms. The molecule has 0 saturated heterocycles. The van der Waals surface area contributed by atoms with Crippen LogP contribution in [0.1, 0.15) is 42.9 Å². The van der Waals surface area contributed by atoms with E-state index in [0.29, 0.717) is 0 Å². The van der Waals surface area contributed by atoms with Gasteiger partial charge in [0.25, 0.3) is 0 Å². The molecule has 3 rings (SSSR count).